The molecule has 16 rings (SSSR count). The van der Waals surface area contributed by atoms with E-state index in [4.69, 9.17) is 4.42 Å². The maximum atomic E-state index is 6.22. The summed E-state index contributed by atoms with van der Waals surface area (Å²) in [5.41, 5.74) is 18.4. The largest absolute Gasteiger partial charge is 0.456 e. The number of rotatable bonds is 4. The Balaban J connectivity index is 0.931. The molecule has 12 aromatic carbocycles. The van der Waals surface area contributed by atoms with E-state index in [9.17, 15) is 0 Å². The van der Waals surface area contributed by atoms with Crippen LogP contribution in [0.25, 0.3) is 104 Å². The zero-order chi connectivity index (χ0) is 45.7. The number of fused-ring (bicyclic) bond motifs is 21. The first-order valence-electron chi connectivity index (χ1n) is 24.2. The highest BCUT2D eigenvalue weighted by Gasteiger charge is 2.51. The molecule has 0 saturated heterocycles. The van der Waals surface area contributed by atoms with Crippen LogP contribution in [-0.4, -0.2) is 4.57 Å². The van der Waals surface area contributed by atoms with Gasteiger partial charge in [0.2, 0.25) is 0 Å². The fourth-order valence-electron chi connectivity index (χ4n) is 12.9. The lowest BCUT2D eigenvalue weighted by atomic mass is 9.65. The van der Waals surface area contributed by atoms with E-state index in [-0.39, 0.29) is 0 Å². The molecule has 0 fully saturated rings. The SMILES string of the molecule is c1ccc2c(c1)-c1cc(N(c3ccc(-c4ccc5oc6ccccc6c5c4)cc3)c3ccc4c5ccccc5c5ccccc5c4c3)ccc1C21c2ccccc2-n2c3ccccc3c3cccc1c32. The van der Waals surface area contributed by atoms with Crippen LogP contribution in [0, 0.1) is 0 Å². The zero-order valence-corrected chi connectivity index (χ0v) is 37.9. The molecule has 0 amide bonds. The van der Waals surface area contributed by atoms with E-state index in [1.54, 1.807) is 0 Å². The molecule has 1 unspecified atom stereocenters. The maximum Gasteiger partial charge on any atom is 0.135 e. The molecule has 1 aliphatic heterocycles. The van der Waals surface area contributed by atoms with Gasteiger partial charge < -0.3 is 13.9 Å². The van der Waals surface area contributed by atoms with E-state index in [1.165, 1.54) is 93.2 Å². The lowest BCUT2D eigenvalue weighted by molar-refractivity contribution is 0.669. The van der Waals surface area contributed by atoms with Crippen molar-refractivity contribution in [1.82, 2.24) is 4.57 Å². The minimum atomic E-state index is -0.526. The highest BCUT2D eigenvalue weighted by Crippen LogP contribution is 2.61. The summed E-state index contributed by atoms with van der Waals surface area (Å²) in [7, 11) is 0. The van der Waals surface area contributed by atoms with Crippen molar-refractivity contribution < 1.29 is 4.42 Å². The molecular weight excluding hydrogens is 849 g/mol. The second-order valence-electron chi connectivity index (χ2n) is 19.1. The minimum absolute atomic E-state index is 0.526. The molecule has 1 aliphatic carbocycles. The van der Waals surface area contributed by atoms with Gasteiger partial charge >= 0.3 is 0 Å². The van der Waals surface area contributed by atoms with E-state index in [2.05, 4.69) is 240 Å². The third kappa shape index (κ3) is 4.92. The standard InChI is InChI=1S/C67H40N2O/c1-2-16-48-46(14-1)47-15-3-4-17-49(47)55-39-44(33-35-50(48)55)68(43-31-28-41(29-32-43)42-30-37-65-57(38-42)53-20-7-12-27-64(53)70-65)45-34-36-59-56(40-45)51-18-5-8-22-58(51)67(59)60-23-9-11-26-63(60)69-62-25-10-6-19-52(62)54-21-13-24-61(67)66(54)69/h1-40H. The number of aromatic nitrogens is 1. The fraction of sp³-hybridized carbons (Fsp3) is 0.0149. The molecule has 1 spiro atoms. The van der Waals surface area contributed by atoms with Crippen LogP contribution in [0.4, 0.5) is 17.1 Å². The molecule has 324 valence electrons. The number of benzene rings is 12. The number of hydrogen-bond acceptors (Lipinski definition) is 2. The number of nitrogens with zero attached hydrogens (tertiary/aromatic N) is 2. The third-order valence-corrected chi connectivity index (χ3v) is 15.8. The molecule has 70 heavy (non-hydrogen) atoms. The summed E-state index contributed by atoms with van der Waals surface area (Å²) < 4.78 is 8.73. The highest BCUT2D eigenvalue weighted by atomic mass is 16.3. The lowest BCUT2D eigenvalue weighted by Gasteiger charge is -2.39. The van der Waals surface area contributed by atoms with Gasteiger partial charge in [-0.05, 0) is 144 Å². The summed E-state index contributed by atoms with van der Waals surface area (Å²) in [6.07, 6.45) is 0. The van der Waals surface area contributed by atoms with E-state index >= 15 is 0 Å². The van der Waals surface area contributed by atoms with Gasteiger partial charge in [-0.2, -0.15) is 0 Å². The van der Waals surface area contributed by atoms with Crippen molar-refractivity contribution in [1.29, 1.82) is 0 Å². The molecule has 14 aromatic rings. The molecule has 0 bridgehead atoms. The van der Waals surface area contributed by atoms with Gasteiger partial charge in [-0.3, -0.25) is 0 Å². The van der Waals surface area contributed by atoms with Gasteiger partial charge in [0.15, 0.2) is 0 Å². The minimum Gasteiger partial charge on any atom is -0.456 e. The molecule has 3 heteroatoms. The summed E-state index contributed by atoms with van der Waals surface area (Å²) in [5.74, 6) is 0. The topological polar surface area (TPSA) is 21.3 Å². The summed E-state index contributed by atoms with van der Waals surface area (Å²) in [6, 6.07) is 90.1. The Morgan fingerprint density at radius 2 is 0.871 bits per heavy atom. The Labute approximate surface area is 403 Å². The first-order chi connectivity index (χ1) is 34.7. The second kappa shape index (κ2) is 13.9. The second-order valence-corrected chi connectivity index (χ2v) is 19.1. The molecule has 2 aliphatic rings. The van der Waals surface area contributed by atoms with Crippen LogP contribution in [0.5, 0.6) is 0 Å². The maximum absolute atomic E-state index is 6.22. The van der Waals surface area contributed by atoms with Gasteiger partial charge in [0.25, 0.3) is 0 Å². The Morgan fingerprint density at radius 3 is 1.69 bits per heavy atom. The molecule has 1 atom stereocenters. The Hall–Kier alpha value is -9.18. The number of hydrogen-bond donors (Lipinski definition) is 0. The van der Waals surface area contributed by atoms with E-state index in [1.807, 2.05) is 12.1 Å². The molecule has 0 radical (unpaired) electrons. The van der Waals surface area contributed by atoms with Gasteiger partial charge in [0.05, 0.1) is 22.1 Å². The Bertz CT molecular complexity index is 4520. The Kier molecular flexibility index (Phi) is 7.54. The monoisotopic (exact) mass is 888 g/mol. The fourth-order valence-corrected chi connectivity index (χ4v) is 12.9. The lowest BCUT2D eigenvalue weighted by Crippen LogP contribution is -2.33. The zero-order valence-electron chi connectivity index (χ0n) is 37.9. The van der Waals surface area contributed by atoms with Gasteiger partial charge in [0, 0.05) is 38.6 Å². The molecule has 3 heterocycles. The predicted octanol–water partition coefficient (Wildman–Crippen LogP) is 18.0. The molecule has 0 saturated carbocycles. The van der Waals surface area contributed by atoms with E-state index in [0.29, 0.717) is 0 Å². The van der Waals surface area contributed by atoms with E-state index < -0.39 is 5.41 Å². The van der Waals surface area contributed by atoms with Gasteiger partial charge in [-0.25, -0.2) is 0 Å². The van der Waals surface area contributed by atoms with Crippen LogP contribution in [0.15, 0.2) is 247 Å². The number of anilines is 3. The van der Waals surface area contributed by atoms with Crippen molar-refractivity contribution in [3.63, 3.8) is 0 Å². The summed E-state index contributed by atoms with van der Waals surface area (Å²) in [5, 5.41) is 12.4. The Morgan fingerprint density at radius 1 is 0.314 bits per heavy atom. The summed E-state index contributed by atoms with van der Waals surface area (Å²) in [4.78, 5) is 2.46. The molecular formula is C67H40N2O. The van der Waals surface area contributed by atoms with Crippen molar-refractivity contribution in [2.24, 2.45) is 0 Å². The van der Waals surface area contributed by atoms with Crippen LogP contribution in [0.3, 0.4) is 0 Å². The third-order valence-electron chi connectivity index (χ3n) is 15.8. The normalized spacial score (nSPS) is 14.6. The smallest absolute Gasteiger partial charge is 0.135 e. The van der Waals surface area contributed by atoms with Crippen molar-refractivity contribution >= 4 is 93.1 Å². The quantitative estimate of drug-likeness (QED) is 0.164. The van der Waals surface area contributed by atoms with Crippen molar-refractivity contribution in [3.8, 4) is 27.9 Å². The summed E-state index contributed by atoms with van der Waals surface area (Å²) >= 11 is 0. The van der Waals surface area contributed by atoms with Crippen molar-refractivity contribution in [2.45, 2.75) is 5.41 Å². The van der Waals surface area contributed by atoms with Crippen molar-refractivity contribution in [3.05, 3.63) is 265 Å². The number of furan rings is 1. The first kappa shape index (κ1) is 37.9. The van der Waals surface area contributed by atoms with Crippen LogP contribution in [0.1, 0.15) is 22.3 Å². The van der Waals surface area contributed by atoms with Gasteiger partial charge in [-0.1, -0.05) is 176 Å². The average Bonchev–Trinajstić information content (AvgIpc) is 4.08. The van der Waals surface area contributed by atoms with Crippen LogP contribution >= 0.6 is 0 Å². The molecule has 0 N–H and O–H groups in total. The first-order valence-corrected chi connectivity index (χ1v) is 24.2. The highest BCUT2D eigenvalue weighted by molar-refractivity contribution is 6.26. The van der Waals surface area contributed by atoms with Crippen LogP contribution in [-0.2, 0) is 5.41 Å². The molecule has 3 nitrogen and oxygen atoms in total. The average molecular weight is 889 g/mol. The molecule has 2 aromatic heterocycles. The summed E-state index contributed by atoms with van der Waals surface area (Å²) in [6.45, 7) is 0. The van der Waals surface area contributed by atoms with Gasteiger partial charge in [0.1, 0.15) is 11.2 Å². The van der Waals surface area contributed by atoms with E-state index in [0.717, 1.165) is 50.1 Å². The number of para-hydroxylation sites is 4. The van der Waals surface area contributed by atoms with Crippen LogP contribution < -0.4 is 4.90 Å². The predicted molar refractivity (Wildman–Crippen MR) is 292 cm³/mol. The van der Waals surface area contributed by atoms with Crippen molar-refractivity contribution in [2.75, 3.05) is 4.90 Å². The van der Waals surface area contributed by atoms with Gasteiger partial charge in [-0.15, -0.1) is 0 Å². The van der Waals surface area contributed by atoms with Crippen LogP contribution in [0.2, 0.25) is 0 Å².